The van der Waals surface area contributed by atoms with E-state index < -0.39 is 11.6 Å². The molecule has 0 aliphatic heterocycles. The topological polar surface area (TPSA) is 64.3 Å². The van der Waals surface area contributed by atoms with Gasteiger partial charge in [-0.15, -0.1) is 11.3 Å². The van der Waals surface area contributed by atoms with Gasteiger partial charge in [-0.05, 0) is 32.8 Å². The van der Waals surface area contributed by atoms with Crippen LogP contribution in [0.1, 0.15) is 30.7 Å². The maximum Gasteiger partial charge on any atom is 0.407 e. The molecule has 92 valence electrons. The second-order valence-corrected chi connectivity index (χ2v) is 5.56. The Morgan fingerprint density at radius 2 is 2.29 bits per heavy atom. The summed E-state index contributed by atoms with van der Waals surface area (Å²) < 4.78 is 0. The first-order valence-corrected chi connectivity index (χ1v) is 6.19. The highest BCUT2D eigenvalue weighted by Crippen LogP contribution is 2.23. The summed E-state index contributed by atoms with van der Waals surface area (Å²) in [5, 5.41) is 19.5. The van der Waals surface area contributed by atoms with Crippen molar-refractivity contribution in [2.75, 3.05) is 7.05 Å². The van der Waals surface area contributed by atoms with Gasteiger partial charge in [-0.3, -0.25) is 0 Å². The van der Waals surface area contributed by atoms with E-state index in [1.165, 1.54) is 4.90 Å². The van der Waals surface area contributed by atoms with Gasteiger partial charge in [0.15, 0.2) is 0 Å². The minimum atomic E-state index is -0.918. The summed E-state index contributed by atoms with van der Waals surface area (Å²) >= 11 is 1.55. The number of amides is 1. The van der Waals surface area contributed by atoms with E-state index in [9.17, 15) is 4.79 Å². The summed E-state index contributed by atoms with van der Waals surface area (Å²) in [6.07, 6.45) is 0.608. The molecule has 1 rings (SSSR count). The predicted octanol–water partition coefficient (Wildman–Crippen LogP) is 2.94. The van der Waals surface area contributed by atoms with Crippen molar-refractivity contribution in [1.82, 2.24) is 4.90 Å². The summed E-state index contributed by atoms with van der Waals surface area (Å²) in [4.78, 5) is 13.3. The Morgan fingerprint density at radius 3 is 2.76 bits per heavy atom. The van der Waals surface area contributed by atoms with Gasteiger partial charge < -0.3 is 10.0 Å². The largest absolute Gasteiger partial charge is 0.465 e. The Morgan fingerprint density at radius 1 is 1.65 bits per heavy atom. The number of hydrogen-bond donors (Lipinski definition) is 1. The van der Waals surface area contributed by atoms with E-state index in [1.54, 1.807) is 18.4 Å². The average molecular weight is 252 g/mol. The molecule has 1 heterocycles. The van der Waals surface area contributed by atoms with Crippen molar-refractivity contribution in [3.05, 3.63) is 21.9 Å². The van der Waals surface area contributed by atoms with Gasteiger partial charge in [-0.2, -0.15) is 5.26 Å². The van der Waals surface area contributed by atoms with Gasteiger partial charge in [-0.1, -0.05) is 0 Å². The molecule has 0 aliphatic rings. The summed E-state index contributed by atoms with van der Waals surface area (Å²) in [6.45, 7) is 3.81. The zero-order chi connectivity index (χ0) is 13.1. The molecule has 0 saturated heterocycles. The molecule has 0 atom stereocenters. The van der Waals surface area contributed by atoms with Crippen molar-refractivity contribution in [2.45, 2.75) is 32.2 Å². The van der Waals surface area contributed by atoms with Crippen molar-refractivity contribution in [2.24, 2.45) is 0 Å². The zero-order valence-corrected chi connectivity index (χ0v) is 11.0. The van der Waals surface area contributed by atoms with Crippen LogP contribution in [0.15, 0.2) is 11.4 Å². The number of carbonyl (C=O) groups is 1. The second-order valence-electron chi connectivity index (χ2n) is 4.57. The lowest BCUT2D eigenvalue weighted by molar-refractivity contribution is 0.106. The van der Waals surface area contributed by atoms with Crippen molar-refractivity contribution >= 4 is 17.4 Å². The van der Waals surface area contributed by atoms with Crippen molar-refractivity contribution in [3.8, 4) is 6.07 Å². The molecule has 0 aromatic carbocycles. The standard InChI is InChI=1S/C12H16N2O2S/c1-12(2,14(3)11(15)16)5-4-10-6-9(7-13)8-17-10/h6,8H,4-5H2,1-3H3,(H,15,16). The first kappa shape index (κ1) is 13.5. The Kier molecular flexibility index (Phi) is 4.13. The quantitative estimate of drug-likeness (QED) is 0.896. The van der Waals surface area contributed by atoms with E-state index in [2.05, 4.69) is 6.07 Å². The first-order chi connectivity index (χ1) is 7.86. The lowest BCUT2D eigenvalue weighted by Gasteiger charge is -2.33. The van der Waals surface area contributed by atoms with Crippen LogP contribution in [0.4, 0.5) is 4.79 Å². The lowest BCUT2D eigenvalue weighted by atomic mass is 9.96. The lowest BCUT2D eigenvalue weighted by Crippen LogP contribution is -2.44. The molecule has 0 spiro atoms. The normalized spacial score (nSPS) is 10.9. The van der Waals surface area contributed by atoms with Crippen LogP contribution in [0.25, 0.3) is 0 Å². The fraction of sp³-hybridized carbons (Fsp3) is 0.500. The molecule has 17 heavy (non-hydrogen) atoms. The molecule has 0 saturated carbocycles. The van der Waals surface area contributed by atoms with Crippen LogP contribution in [0, 0.1) is 11.3 Å². The molecule has 0 radical (unpaired) electrons. The third kappa shape index (κ3) is 3.46. The number of nitriles is 1. The molecule has 1 aromatic heterocycles. The fourth-order valence-corrected chi connectivity index (χ4v) is 2.24. The van der Waals surface area contributed by atoms with Gasteiger partial charge in [0.25, 0.3) is 0 Å². The number of carboxylic acid groups (broad SMARTS) is 1. The molecule has 4 nitrogen and oxygen atoms in total. The van der Waals surface area contributed by atoms with Crippen LogP contribution in [-0.2, 0) is 6.42 Å². The van der Waals surface area contributed by atoms with Gasteiger partial charge in [0, 0.05) is 22.8 Å². The molecule has 1 N–H and O–H groups in total. The molecule has 1 amide bonds. The van der Waals surface area contributed by atoms with Gasteiger partial charge in [0.1, 0.15) is 0 Å². The number of thiophene rings is 1. The van der Waals surface area contributed by atoms with Crippen molar-refractivity contribution in [1.29, 1.82) is 5.26 Å². The van der Waals surface area contributed by atoms with E-state index in [0.717, 1.165) is 17.7 Å². The fourth-order valence-electron chi connectivity index (χ4n) is 1.43. The minimum absolute atomic E-state index is 0.400. The summed E-state index contributed by atoms with van der Waals surface area (Å²) in [6, 6.07) is 3.95. The van der Waals surface area contributed by atoms with Gasteiger partial charge >= 0.3 is 6.09 Å². The SMILES string of the molecule is CN(C(=O)O)C(C)(C)CCc1cc(C#N)cs1. The first-order valence-electron chi connectivity index (χ1n) is 5.31. The Labute approximate surface area is 105 Å². The van der Waals surface area contributed by atoms with Crippen molar-refractivity contribution in [3.63, 3.8) is 0 Å². The highest BCUT2D eigenvalue weighted by Gasteiger charge is 2.27. The van der Waals surface area contributed by atoms with Crippen LogP contribution in [0.5, 0.6) is 0 Å². The Balaban J connectivity index is 2.61. The minimum Gasteiger partial charge on any atom is -0.465 e. The van der Waals surface area contributed by atoms with E-state index in [1.807, 2.05) is 25.3 Å². The third-order valence-corrected chi connectivity index (χ3v) is 3.96. The van der Waals surface area contributed by atoms with E-state index >= 15 is 0 Å². The Hall–Kier alpha value is -1.54. The third-order valence-electron chi connectivity index (χ3n) is 2.96. The summed E-state index contributed by atoms with van der Waals surface area (Å²) in [5.41, 5.74) is 0.275. The van der Waals surface area contributed by atoms with E-state index in [4.69, 9.17) is 10.4 Å². The highest BCUT2D eigenvalue weighted by molar-refractivity contribution is 7.10. The molecular formula is C12H16N2O2S. The zero-order valence-electron chi connectivity index (χ0n) is 10.2. The van der Waals surface area contributed by atoms with Crippen LogP contribution >= 0.6 is 11.3 Å². The molecule has 1 aromatic rings. The molecule has 5 heteroatoms. The number of hydrogen-bond acceptors (Lipinski definition) is 3. The van der Waals surface area contributed by atoms with Crippen LogP contribution < -0.4 is 0 Å². The molecule has 0 unspecified atom stereocenters. The molecule has 0 aliphatic carbocycles. The second kappa shape index (κ2) is 5.19. The summed E-state index contributed by atoms with van der Waals surface area (Å²) in [5.74, 6) is 0. The van der Waals surface area contributed by atoms with Crippen molar-refractivity contribution < 1.29 is 9.90 Å². The van der Waals surface area contributed by atoms with Crippen LogP contribution in [-0.4, -0.2) is 28.7 Å². The summed E-state index contributed by atoms with van der Waals surface area (Å²) in [7, 11) is 1.58. The number of aryl methyl sites for hydroxylation is 1. The maximum atomic E-state index is 10.9. The van der Waals surface area contributed by atoms with Gasteiger partial charge in [-0.25, -0.2) is 4.79 Å². The number of nitrogens with zero attached hydrogens (tertiary/aromatic N) is 2. The molecule has 0 fully saturated rings. The molecular weight excluding hydrogens is 236 g/mol. The molecule has 0 bridgehead atoms. The smallest absolute Gasteiger partial charge is 0.407 e. The average Bonchev–Trinajstić information content (AvgIpc) is 2.73. The van der Waals surface area contributed by atoms with Crippen LogP contribution in [0.3, 0.4) is 0 Å². The van der Waals surface area contributed by atoms with Gasteiger partial charge in [0.2, 0.25) is 0 Å². The Bertz CT molecular complexity index is 446. The predicted molar refractivity (Wildman–Crippen MR) is 67.2 cm³/mol. The van der Waals surface area contributed by atoms with E-state index in [-0.39, 0.29) is 0 Å². The van der Waals surface area contributed by atoms with E-state index in [0.29, 0.717) is 5.56 Å². The monoisotopic (exact) mass is 252 g/mol. The van der Waals surface area contributed by atoms with Crippen LogP contribution in [0.2, 0.25) is 0 Å². The highest BCUT2D eigenvalue weighted by atomic mass is 32.1. The number of rotatable bonds is 4. The maximum absolute atomic E-state index is 10.9. The van der Waals surface area contributed by atoms with Gasteiger partial charge in [0.05, 0.1) is 11.6 Å².